The molecule has 6 nitrogen and oxygen atoms in total. The molecule has 0 spiro atoms. The largest absolute Gasteiger partial charge is 0.493 e. The molecule has 19 heavy (non-hydrogen) atoms. The number of ether oxygens (including phenoxy) is 2. The van der Waals surface area contributed by atoms with E-state index < -0.39 is 6.61 Å². The van der Waals surface area contributed by atoms with Gasteiger partial charge in [0.1, 0.15) is 0 Å². The number of halogens is 3. The van der Waals surface area contributed by atoms with Crippen LogP contribution in [0.2, 0.25) is 5.02 Å². The molecule has 0 unspecified atom stereocenters. The van der Waals surface area contributed by atoms with Crippen LogP contribution in [0.5, 0.6) is 11.5 Å². The van der Waals surface area contributed by atoms with Crippen molar-refractivity contribution in [3.8, 4) is 11.5 Å². The molecule has 1 aromatic rings. The van der Waals surface area contributed by atoms with E-state index in [0.29, 0.717) is 5.56 Å². The van der Waals surface area contributed by atoms with Crippen LogP contribution in [0, 0.1) is 0 Å². The Hall–Kier alpha value is -2.09. The van der Waals surface area contributed by atoms with Gasteiger partial charge in [-0.1, -0.05) is 11.6 Å². The molecule has 0 bridgehead atoms. The standard InChI is InChI=1S/C10H11ClF2N4O2/c1-18-7-3-5(4-16-17-10(14)15)2-6(11)8(7)19-9(12)13/h2-4,9H,1H3,(H4,14,15,17)/p+1/b16-4+. The second-order valence-electron chi connectivity index (χ2n) is 3.22. The molecule has 1 aromatic carbocycles. The monoisotopic (exact) mass is 293 g/mol. The number of rotatable bonds is 5. The smallest absolute Gasteiger partial charge is 0.387 e. The highest BCUT2D eigenvalue weighted by molar-refractivity contribution is 6.32. The minimum absolute atomic E-state index is 0.0302. The van der Waals surface area contributed by atoms with E-state index in [9.17, 15) is 8.78 Å². The lowest BCUT2D eigenvalue weighted by Crippen LogP contribution is -2.63. The third-order valence-electron chi connectivity index (χ3n) is 1.88. The zero-order valence-corrected chi connectivity index (χ0v) is 10.6. The van der Waals surface area contributed by atoms with E-state index in [1.807, 2.05) is 0 Å². The van der Waals surface area contributed by atoms with Gasteiger partial charge < -0.3 is 20.9 Å². The molecular weight excluding hydrogens is 282 g/mol. The topological polar surface area (TPSA) is 96.8 Å². The van der Waals surface area contributed by atoms with Crippen molar-refractivity contribution in [1.82, 2.24) is 0 Å². The van der Waals surface area contributed by atoms with Crippen LogP contribution in [-0.2, 0) is 0 Å². The number of guanidine groups is 1. The van der Waals surface area contributed by atoms with Crippen molar-refractivity contribution in [1.29, 1.82) is 0 Å². The molecule has 0 aliphatic carbocycles. The van der Waals surface area contributed by atoms with Crippen LogP contribution < -0.4 is 26.0 Å². The molecule has 104 valence electrons. The molecule has 0 aliphatic rings. The molecule has 0 atom stereocenters. The van der Waals surface area contributed by atoms with Gasteiger partial charge in [-0.25, -0.2) is 0 Å². The van der Waals surface area contributed by atoms with Crippen molar-refractivity contribution >= 4 is 23.8 Å². The van der Waals surface area contributed by atoms with Gasteiger partial charge in [-0.05, 0) is 12.1 Å². The van der Waals surface area contributed by atoms with E-state index in [4.69, 9.17) is 27.8 Å². The number of nitrogens with two attached hydrogens (primary N) is 2. The average Bonchev–Trinajstić information content (AvgIpc) is 2.31. The Morgan fingerprint density at radius 2 is 2.16 bits per heavy atom. The van der Waals surface area contributed by atoms with Crippen LogP contribution in [-0.4, -0.2) is 25.9 Å². The van der Waals surface area contributed by atoms with E-state index in [1.165, 1.54) is 25.5 Å². The molecule has 5 N–H and O–H groups in total. The molecule has 0 amide bonds. The summed E-state index contributed by atoms with van der Waals surface area (Å²) in [7, 11) is 1.30. The van der Waals surface area contributed by atoms with Gasteiger partial charge in [0.2, 0.25) is 6.21 Å². The fraction of sp³-hybridized carbons (Fsp3) is 0.200. The van der Waals surface area contributed by atoms with Crippen LogP contribution in [0.25, 0.3) is 0 Å². The zero-order valence-electron chi connectivity index (χ0n) is 9.86. The lowest BCUT2D eigenvalue weighted by atomic mass is 10.2. The van der Waals surface area contributed by atoms with Crippen molar-refractivity contribution in [3.63, 3.8) is 0 Å². The molecule has 9 heteroatoms. The van der Waals surface area contributed by atoms with Crippen LogP contribution in [0.1, 0.15) is 5.56 Å². The molecule has 0 radical (unpaired) electrons. The normalized spacial score (nSPS) is 10.8. The minimum atomic E-state index is -3.00. The summed E-state index contributed by atoms with van der Waals surface area (Å²) >= 11 is 5.83. The summed E-state index contributed by atoms with van der Waals surface area (Å²) in [6, 6.07) is 2.82. The van der Waals surface area contributed by atoms with Crippen molar-refractivity contribution in [2.75, 3.05) is 7.11 Å². The Bertz CT molecular complexity index is 505. The second kappa shape index (κ2) is 6.74. The number of hydrogen-bond acceptors (Lipinski definition) is 3. The Balaban J connectivity index is 3.08. The highest BCUT2D eigenvalue weighted by Crippen LogP contribution is 2.36. The van der Waals surface area contributed by atoms with E-state index in [2.05, 4.69) is 14.9 Å². The van der Waals surface area contributed by atoms with Crippen molar-refractivity contribution in [3.05, 3.63) is 22.7 Å². The Morgan fingerprint density at radius 1 is 1.47 bits per heavy atom. The quantitative estimate of drug-likeness (QED) is 0.392. The van der Waals surface area contributed by atoms with E-state index in [0.717, 1.165) is 0 Å². The fourth-order valence-electron chi connectivity index (χ4n) is 1.21. The first-order valence-corrected chi connectivity index (χ1v) is 5.31. The first kappa shape index (κ1) is 15.0. The number of methoxy groups -OCH3 is 1. The molecular formula is C10H12ClF2N4O2+. The van der Waals surface area contributed by atoms with Crippen LogP contribution >= 0.6 is 11.6 Å². The Morgan fingerprint density at radius 3 is 2.68 bits per heavy atom. The number of alkyl halides is 2. The maximum absolute atomic E-state index is 12.2. The zero-order chi connectivity index (χ0) is 14.4. The molecule has 0 aromatic heterocycles. The van der Waals surface area contributed by atoms with Crippen molar-refractivity contribution < 1.29 is 23.4 Å². The van der Waals surface area contributed by atoms with Gasteiger partial charge in [0.15, 0.2) is 11.5 Å². The summed E-state index contributed by atoms with van der Waals surface area (Å²) in [4.78, 5) is 0. The predicted molar refractivity (Wildman–Crippen MR) is 66.6 cm³/mol. The lowest BCUT2D eigenvalue weighted by Gasteiger charge is -2.11. The summed E-state index contributed by atoms with van der Waals surface area (Å²) in [6.07, 6.45) is 1.40. The second-order valence-corrected chi connectivity index (χ2v) is 3.63. The van der Waals surface area contributed by atoms with Crippen LogP contribution in [0.4, 0.5) is 8.78 Å². The number of benzene rings is 1. The van der Waals surface area contributed by atoms with Gasteiger partial charge in [-0.3, -0.25) is 0 Å². The van der Waals surface area contributed by atoms with E-state index in [1.54, 1.807) is 0 Å². The maximum atomic E-state index is 12.2. The predicted octanol–water partition coefficient (Wildman–Crippen LogP) is -0.362. The van der Waals surface area contributed by atoms with Gasteiger partial charge in [0.25, 0.3) is 5.96 Å². The van der Waals surface area contributed by atoms with Gasteiger partial charge in [-0.2, -0.15) is 8.78 Å². The molecule has 0 aliphatic heterocycles. The third-order valence-corrected chi connectivity index (χ3v) is 2.16. The first-order valence-electron chi connectivity index (χ1n) is 4.93. The van der Waals surface area contributed by atoms with E-state index >= 15 is 0 Å². The number of hydrogen-bond donors (Lipinski definition) is 3. The first-order chi connectivity index (χ1) is 8.93. The number of hydrazone groups is 1. The highest BCUT2D eigenvalue weighted by atomic mass is 35.5. The maximum Gasteiger partial charge on any atom is 0.387 e. The molecule has 0 heterocycles. The van der Waals surface area contributed by atoms with Gasteiger partial charge in [0.05, 0.1) is 12.1 Å². The molecule has 1 rings (SSSR count). The SMILES string of the molecule is COc1cc(/C=[NH+]/N=C(N)N)cc(Cl)c1OC(F)F. The third kappa shape index (κ3) is 4.59. The van der Waals surface area contributed by atoms with E-state index in [-0.39, 0.29) is 22.5 Å². The summed E-state index contributed by atoms with van der Waals surface area (Å²) in [5.41, 5.74) is 10.7. The number of nitrogens with one attached hydrogen (secondary N) is 1. The van der Waals surface area contributed by atoms with Crippen LogP contribution in [0.3, 0.4) is 0 Å². The van der Waals surface area contributed by atoms with Gasteiger partial charge >= 0.3 is 6.61 Å². The van der Waals surface area contributed by atoms with Crippen molar-refractivity contribution in [2.24, 2.45) is 16.6 Å². The number of nitrogens with zero attached hydrogens (tertiary/aromatic N) is 1. The van der Waals surface area contributed by atoms with Crippen LogP contribution in [0.15, 0.2) is 17.2 Å². The summed E-state index contributed by atoms with van der Waals surface area (Å²) in [5, 5.41) is 5.93. The highest BCUT2D eigenvalue weighted by Gasteiger charge is 2.16. The molecule has 0 saturated carbocycles. The Labute approximate surface area is 112 Å². The summed E-state index contributed by atoms with van der Waals surface area (Å²) in [5.74, 6) is -0.337. The minimum Gasteiger partial charge on any atom is -0.493 e. The van der Waals surface area contributed by atoms with Gasteiger partial charge in [-0.15, -0.1) is 5.10 Å². The van der Waals surface area contributed by atoms with Crippen molar-refractivity contribution in [2.45, 2.75) is 6.61 Å². The fourth-order valence-corrected chi connectivity index (χ4v) is 1.47. The molecule has 0 fully saturated rings. The van der Waals surface area contributed by atoms with Gasteiger partial charge in [0, 0.05) is 10.7 Å². The Kier molecular flexibility index (Phi) is 5.31. The summed E-state index contributed by atoms with van der Waals surface area (Å²) in [6.45, 7) is -3.00. The summed E-state index contributed by atoms with van der Waals surface area (Å²) < 4.78 is 33.6. The average molecular weight is 294 g/mol. The lowest BCUT2D eigenvalue weighted by molar-refractivity contribution is -0.456. The molecule has 0 saturated heterocycles.